The molecule has 1 aromatic carbocycles. The van der Waals surface area contributed by atoms with Crippen LogP contribution in [0.25, 0.3) is 0 Å². The van der Waals surface area contributed by atoms with Gasteiger partial charge in [0, 0.05) is 5.54 Å². The Morgan fingerprint density at radius 3 is 2.59 bits per heavy atom. The van der Waals surface area contributed by atoms with Crippen LogP contribution in [0.1, 0.15) is 37.1 Å². The highest BCUT2D eigenvalue weighted by molar-refractivity contribution is 5.41. The molecule has 0 spiro atoms. The second-order valence-electron chi connectivity index (χ2n) is 4.85. The molecule has 1 saturated carbocycles. The molecular formula is C13H17F2NO. The summed E-state index contributed by atoms with van der Waals surface area (Å²) in [5.74, 6) is -0.333. The van der Waals surface area contributed by atoms with Gasteiger partial charge in [0.15, 0.2) is 11.6 Å². The fourth-order valence-corrected chi connectivity index (χ4v) is 1.98. The molecule has 0 bridgehead atoms. The summed E-state index contributed by atoms with van der Waals surface area (Å²) in [5, 5.41) is 0. The van der Waals surface area contributed by atoms with Crippen LogP contribution in [0, 0.1) is 5.82 Å². The molecule has 2 nitrogen and oxygen atoms in total. The number of ether oxygens (including phenoxy) is 1. The minimum absolute atomic E-state index is 0.186. The minimum Gasteiger partial charge on any atom is -0.493 e. The van der Waals surface area contributed by atoms with Crippen molar-refractivity contribution in [3.05, 3.63) is 29.1 Å². The SMILES string of the molecule is COc1c(F)cc(C(C)F)cc1CC1(N)CC1. The number of nitrogens with two attached hydrogens (primary N) is 1. The van der Waals surface area contributed by atoms with Gasteiger partial charge in [-0.05, 0) is 49.4 Å². The zero-order valence-corrected chi connectivity index (χ0v) is 10.1. The van der Waals surface area contributed by atoms with Crippen molar-refractivity contribution >= 4 is 0 Å². The molecule has 0 aliphatic heterocycles. The number of rotatable bonds is 4. The van der Waals surface area contributed by atoms with Crippen LogP contribution in [0.3, 0.4) is 0 Å². The number of methoxy groups -OCH3 is 1. The zero-order chi connectivity index (χ0) is 12.6. The van der Waals surface area contributed by atoms with Gasteiger partial charge in [-0.15, -0.1) is 0 Å². The van der Waals surface area contributed by atoms with Gasteiger partial charge >= 0.3 is 0 Å². The lowest BCUT2D eigenvalue weighted by Gasteiger charge is -2.15. The van der Waals surface area contributed by atoms with E-state index < -0.39 is 12.0 Å². The van der Waals surface area contributed by atoms with E-state index in [4.69, 9.17) is 10.5 Å². The van der Waals surface area contributed by atoms with Crippen LogP contribution >= 0.6 is 0 Å². The summed E-state index contributed by atoms with van der Waals surface area (Å²) < 4.78 is 32.0. The predicted octanol–water partition coefficient (Wildman–Crippen LogP) is 2.90. The Hall–Kier alpha value is -1.16. The van der Waals surface area contributed by atoms with Crippen molar-refractivity contribution in [3.8, 4) is 5.75 Å². The maximum absolute atomic E-state index is 13.7. The molecule has 1 aromatic rings. The van der Waals surface area contributed by atoms with Gasteiger partial charge in [0.1, 0.15) is 6.17 Å². The molecule has 0 radical (unpaired) electrons. The fraction of sp³-hybridized carbons (Fsp3) is 0.538. The van der Waals surface area contributed by atoms with Crippen molar-refractivity contribution in [1.82, 2.24) is 0 Å². The highest BCUT2D eigenvalue weighted by Gasteiger charge is 2.39. The first kappa shape index (κ1) is 12.3. The predicted molar refractivity (Wildman–Crippen MR) is 62.3 cm³/mol. The summed E-state index contributed by atoms with van der Waals surface area (Å²) in [6.45, 7) is 1.39. The number of alkyl halides is 1. The molecule has 0 aromatic heterocycles. The maximum atomic E-state index is 13.7. The van der Waals surface area contributed by atoms with E-state index >= 15 is 0 Å². The summed E-state index contributed by atoms with van der Waals surface area (Å²) >= 11 is 0. The number of benzene rings is 1. The molecule has 0 heterocycles. The van der Waals surface area contributed by atoms with E-state index in [1.165, 1.54) is 20.1 Å². The van der Waals surface area contributed by atoms with Crippen LogP contribution in [0.4, 0.5) is 8.78 Å². The Morgan fingerprint density at radius 2 is 2.12 bits per heavy atom. The molecule has 94 valence electrons. The van der Waals surface area contributed by atoms with Gasteiger partial charge < -0.3 is 10.5 Å². The second kappa shape index (κ2) is 4.26. The maximum Gasteiger partial charge on any atom is 0.165 e. The second-order valence-corrected chi connectivity index (χ2v) is 4.85. The van der Waals surface area contributed by atoms with E-state index in [0.717, 1.165) is 12.8 Å². The van der Waals surface area contributed by atoms with Crippen molar-refractivity contribution < 1.29 is 13.5 Å². The van der Waals surface area contributed by atoms with E-state index in [1.807, 2.05) is 0 Å². The highest BCUT2D eigenvalue weighted by Crippen LogP contribution is 2.39. The Kier molecular flexibility index (Phi) is 3.08. The average molecular weight is 241 g/mol. The van der Waals surface area contributed by atoms with Crippen LogP contribution in [-0.4, -0.2) is 12.6 Å². The monoisotopic (exact) mass is 241 g/mol. The summed E-state index contributed by atoms with van der Waals surface area (Å²) in [6, 6.07) is 2.84. The van der Waals surface area contributed by atoms with Crippen LogP contribution in [0.15, 0.2) is 12.1 Å². The molecular weight excluding hydrogens is 224 g/mol. The zero-order valence-electron chi connectivity index (χ0n) is 10.1. The third-order valence-corrected chi connectivity index (χ3v) is 3.24. The van der Waals surface area contributed by atoms with E-state index in [1.54, 1.807) is 6.07 Å². The molecule has 1 fully saturated rings. The van der Waals surface area contributed by atoms with Crippen molar-refractivity contribution in [3.63, 3.8) is 0 Å². The van der Waals surface area contributed by atoms with Gasteiger partial charge in [-0.25, -0.2) is 8.78 Å². The third-order valence-electron chi connectivity index (χ3n) is 3.24. The van der Waals surface area contributed by atoms with Crippen LogP contribution in [-0.2, 0) is 6.42 Å². The Morgan fingerprint density at radius 1 is 1.47 bits per heavy atom. The van der Waals surface area contributed by atoms with Crippen molar-refractivity contribution in [1.29, 1.82) is 0 Å². The molecule has 1 aliphatic rings. The molecule has 0 saturated heterocycles. The smallest absolute Gasteiger partial charge is 0.165 e. The lowest BCUT2D eigenvalue weighted by Crippen LogP contribution is -2.25. The molecule has 4 heteroatoms. The van der Waals surface area contributed by atoms with Crippen molar-refractivity contribution in [2.45, 2.75) is 37.9 Å². The third kappa shape index (κ3) is 2.57. The Balaban J connectivity index is 2.38. The summed E-state index contributed by atoms with van der Waals surface area (Å²) in [7, 11) is 1.41. The quantitative estimate of drug-likeness (QED) is 0.879. The summed E-state index contributed by atoms with van der Waals surface area (Å²) in [5.41, 5.74) is 6.75. The number of hydrogen-bond donors (Lipinski definition) is 1. The first-order chi connectivity index (χ1) is 7.95. The van der Waals surface area contributed by atoms with Gasteiger partial charge in [-0.1, -0.05) is 0 Å². The van der Waals surface area contributed by atoms with Gasteiger partial charge in [0.25, 0.3) is 0 Å². The van der Waals surface area contributed by atoms with E-state index in [9.17, 15) is 8.78 Å². The van der Waals surface area contributed by atoms with E-state index in [0.29, 0.717) is 17.5 Å². The van der Waals surface area contributed by atoms with Gasteiger partial charge in [0.2, 0.25) is 0 Å². The molecule has 2 rings (SSSR count). The standard InChI is InChI=1S/C13H17F2NO/c1-8(14)9-5-10(7-13(16)3-4-13)12(17-2)11(15)6-9/h5-6,8H,3-4,7,16H2,1-2H3. The van der Waals surface area contributed by atoms with Crippen LogP contribution in [0.5, 0.6) is 5.75 Å². The average Bonchev–Trinajstić information content (AvgIpc) is 2.95. The molecule has 1 unspecified atom stereocenters. The van der Waals surface area contributed by atoms with Gasteiger partial charge in [-0.3, -0.25) is 0 Å². The van der Waals surface area contributed by atoms with Crippen LogP contribution in [0.2, 0.25) is 0 Å². The summed E-state index contributed by atoms with van der Waals surface area (Å²) in [6.07, 6.45) is 1.19. The van der Waals surface area contributed by atoms with E-state index in [-0.39, 0.29) is 11.3 Å². The Bertz CT molecular complexity index is 428. The molecule has 1 atom stereocenters. The largest absolute Gasteiger partial charge is 0.493 e. The Labute approximate surface area is 99.8 Å². The van der Waals surface area contributed by atoms with Crippen molar-refractivity contribution in [2.75, 3.05) is 7.11 Å². The first-order valence-corrected chi connectivity index (χ1v) is 5.74. The summed E-state index contributed by atoms with van der Waals surface area (Å²) in [4.78, 5) is 0. The number of hydrogen-bond acceptors (Lipinski definition) is 2. The van der Waals surface area contributed by atoms with Gasteiger partial charge in [0.05, 0.1) is 7.11 Å². The lowest BCUT2D eigenvalue weighted by molar-refractivity contribution is 0.361. The van der Waals surface area contributed by atoms with Gasteiger partial charge in [-0.2, -0.15) is 0 Å². The van der Waals surface area contributed by atoms with E-state index in [2.05, 4.69) is 0 Å². The topological polar surface area (TPSA) is 35.2 Å². The van der Waals surface area contributed by atoms with Crippen molar-refractivity contribution in [2.24, 2.45) is 5.73 Å². The number of halogens is 2. The fourth-order valence-electron chi connectivity index (χ4n) is 1.98. The lowest BCUT2D eigenvalue weighted by atomic mass is 9.99. The minimum atomic E-state index is -1.19. The molecule has 2 N–H and O–H groups in total. The first-order valence-electron chi connectivity index (χ1n) is 5.74. The molecule has 0 amide bonds. The van der Waals surface area contributed by atoms with Crippen LogP contribution < -0.4 is 10.5 Å². The molecule has 17 heavy (non-hydrogen) atoms. The molecule has 1 aliphatic carbocycles. The highest BCUT2D eigenvalue weighted by atomic mass is 19.1. The normalized spacial score (nSPS) is 18.9.